The molecule has 6 heteroatoms. The van der Waals surface area contributed by atoms with Gasteiger partial charge in [-0.1, -0.05) is 369 Å². The number of hydrogen-bond donors (Lipinski definition) is 0. The molecule has 0 aliphatic carbocycles. The van der Waals surface area contributed by atoms with Gasteiger partial charge >= 0.3 is 17.9 Å². The molecule has 0 saturated heterocycles. The molecule has 77 heavy (non-hydrogen) atoms. The molecule has 0 N–H and O–H groups in total. The van der Waals surface area contributed by atoms with E-state index in [0.717, 1.165) is 69.6 Å². The van der Waals surface area contributed by atoms with Crippen LogP contribution in [-0.4, -0.2) is 37.2 Å². The highest BCUT2D eigenvalue weighted by Crippen LogP contribution is 2.20. The average Bonchev–Trinajstić information content (AvgIpc) is 3.42. The topological polar surface area (TPSA) is 78.9 Å². The number of esters is 3. The summed E-state index contributed by atoms with van der Waals surface area (Å²) in [5, 5.41) is 0. The van der Waals surface area contributed by atoms with E-state index in [0.29, 0.717) is 19.3 Å². The number of hydrogen-bond acceptors (Lipinski definition) is 6. The molecule has 0 saturated carbocycles. The van der Waals surface area contributed by atoms with Crippen LogP contribution in [0.2, 0.25) is 0 Å². The van der Waals surface area contributed by atoms with Gasteiger partial charge in [-0.15, -0.1) is 0 Å². The quantitative estimate of drug-likeness (QED) is 0.0343. The van der Waals surface area contributed by atoms with Crippen LogP contribution >= 0.6 is 0 Å². The second-order valence-corrected chi connectivity index (χ2v) is 25.2. The first-order chi connectivity index (χ1) is 37.8. The summed E-state index contributed by atoms with van der Waals surface area (Å²) in [4.78, 5) is 38.5. The molecule has 0 fully saturated rings. The van der Waals surface area contributed by atoms with Gasteiger partial charge in [-0.3, -0.25) is 14.4 Å². The Balaban J connectivity index is 4.26. The zero-order chi connectivity index (χ0) is 56.0. The second kappa shape index (κ2) is 63.6. The lowest BCUT2D eigenvalue weighted by Gasteiger charge is -2.18. The first-order valence-electron chi connectivity index (χ1n) is 35.3. The van der Waals surface area contributed by atoms with Gasteiger partial charge in [0.25, 0.3) is 0 Å². The van der Waals surface area contributed by atoms with Crippen molar-refractivity contribution in [1.82, 2.24) is 0 Å². The molecule has 0 aromatic rings. The molecule has 2 atom stereocenters. The summed E-state index contributed by atoms with van der Waals surface area (Å²) < 4.78 is 17.0. The minimum absolute atomic E-state index is 0.0611. The smallest absolute Gasteiger partial charge is 0.306 e. The highest BCUT2D eigenvalue weighted by atomic mass is 16.6. The third-order valence-corrected chi connectivity index (χ3v) is 16.8. The highest BCUT2D eigenvalue weighted by Gasteiger charge is 2.20. The van der Waals surface area contributed by atoms with Crippen molar-refractivity contribution in [2.45, 2.75) is 413 Å². The van der Waals surface area contributed by atoms with Crippen molar-refractivity contribution >= 4 is 17.9 Å². The molecule has 1 unspecified atom stereocenters. The van der Waals surface area contributed by atoms with Gasteiger partial charge < -0.3 is 14.2 Å². The predicted octanol–water partition coefficient (Wildman–Crippen LogP) is 23.9. The van der Waals surface area contributed by atoms with Crippen LogP contribution in [0.4, 0.5) is 0 Å². The van der Waals surface area contributed by atoms with Crippen LogP contribution in [0.25, 0.3) is 0 Å². The SMILES string of the molecule is CCCCCCCCCCCCCCCCCCC(=O)OC[C@@H](COC(=O)CCCCCCCCCCCCCCCCCCCCC(C)CC)OC(=O)CCCCCCCCCCCCCCCCCCCCC(C)C. The number of carbonyl (C=O) groups is 3. The van der Waals surface area contributed by atoms with Crippen molar-refractivity contribution in [3.05, 3.63) is 0 Å². The van der Waals surface area contributed by atoms with Gasteiger partial charge in [0.2, 0.25) is 0 Å². The van der Waals surface area contributed by atoms with Gasteiger partial charge in [-0.25, -0.2) is 0 Å². The van der Waals surface area contributed by atoms with Crippen LogP contribution in [0.15, 0.2) is 0 Å². The van der Waals surface area contributed by atoms with Crippen molar-refractivity contribution in [3.8, 4) is 0 Å². The van der Waals surface area contributed by atoms with Crippen LogP contribution in [0.1, 0.15) is 407 Å². The summed E-state index contributed by atoms with van der Waals surface area (Å²) >= 11 is 0. The molecule has 0 spiro atoms. The van der Waals surface area contributed by atoms with Gasteiger partial charge in [0.05, 0.1) is 0 Å². The van der Waals surface area contributed by atoms with E-state index in [1.54, 1.807) is 0 Å². The minimum atomic E-state index is -0.764. The average molecular weight is 1090 g/mol. The van der Waals surface area contributed by atoms with E-state index in [9.17, 15) is 14.4 Å². The summed E-state index contributed by atoms with van der Waals surface area (Å²) in [6, 6.07) is 0. The van der Waals surface area contributed by atoms with Crippen molar-refractivity contribution in [1.29, 1.82) is 0 Å². The fraction of sp³-hybridized carbons (Fsp3) is 0.958. The Bertz CT molecular complexity index is 1180. The number of carbonyl (C=O) groups excluding carboxylic acids is 3. The van der Waals surface area contributed by atoms with Gasteiger partial charge in [0, 0.05) is 19.3 Å². The van der Waals surface area contributed by atoms with Crippen molar-refractivity contribution in [2.24, 2.45) is 11.8 Å². The zero-order valence-corrected chi connectivity index (χ0v) is 53.1. The summed E-state index contributed by atoms with van der Waals surface area (Å²) in [5.74, 6) is 0.945. The molecule has 0 aliphatic rings. The third-order valence-electron chi connectivity index (χ3n) is 16.8. The Hall–Kier alpha value is -1.59. The first-order valence-corrected chi connectivity index (χ1v) is 35.3. The molecule has 0 amide bonds. The lowest BCUT2D eigenvalue weighted by Crippen LogP contribution is -2.30. The van der Waals surface area contributed by atoms with Crippen LogP contribution in [-0.2, 0) is 28.6 Å². The standard InChI is InChI=1S/C71H138O6/c1-6-8-9-10-11-12-13-14-15-26-31-36-41-46-51-56-61-69(72)75-64-68(77-71(74)63-58-53-48-43-38-33-28-23-18-16-20-24-29-34-39-44-49-54-59-66(3)4)65-76-70(73)62-57-52-47-42-37-32-27-22-19-17-21-25-30-35-40-45-50-55-60-67(5)7-2/h66-68H,6-65H2,1-5H3/t67?,68-/m0/s1. The Labute approximate surface area is 482 Å². The van der Waals surface area contributed by atoms with Gasteiger partial charge in [-0.2, -0.15) is 0 Å². The number of unbranched alkanes of at least 4 members (excludes halogenated alkanes) is 49. The van der Waals surface area contributed by atoms with E-state index in [2.05, 4.69) is 34.6 Å². The van der Waals surface area contributed by atoms with E-state index in [1.807, 2.05) is 0 Å². The van der Waals surface area contributed by atoms with Crippen molar-refractivity contribution < 1.29 is 28.6 Å². The van der Waals surface area contributed by atoms with E-state index in [1.165, 1.54) is 295 Å². The molecule has 458 valence electrons. The lowest BCUT2D eigenvalue weighted by atomic mass is 9.99. The molecule has 0 aromatic carbocycles. The fourth-order valence-electron chi connectivity index (χ4n) is 11.1. The van der Waals surface area contributed by atoms with Crippen LogP contribution < -0.4 is 0 Å². The summed E-state index contributed by atoms with van der Waals surface area (Å²) in [5.41, 5.74) is 0. The Morgan fingerprint density at radius 2 is 0.494 bits per heavy atom. The highest BCUT2D eigenvalue weighted by molar-refractivity contribution is 5.71. The summed E-state index contributed by atoms with van der Waals surface area (Å²) in [7, 11) is 0. The minimum Gasteiger partial charge on any atom is -0.462 e. The van der Waals surface area contributed by atoms with Gasteiger partial charge in [-0.05, 0) is 31.1 Å². The molecular formula is C71H138O6. The largest absolute Gasteiger partial charge is 0.462 e. The number of ether oxygens (including phenoxy) is 3. The Kier molecular flexibility index (Phi) is 62.3. The van der Waals surface area contributed by atoms with E-state index < -0.39 is 6.10 Å². The zero-order valence-electron chi connectivity index (χ0n) is 53.1. The molecule has 0 rings (SSSR count). The molecule has 0 aliphatic heterocycles. The summed E-state index contributed by atoms with van der Waals surface area (Å²) in [6.07, 6.45) is 72.6. The van der Waals surface area contributed by atoms with Gasteiger partial charge in [0.15, 0.2) is 6.10 Å². The van der Waals surface area contributed by atoms with E-state index >= 15 is 0 Å². The summed E-state index contributed by atoms with van der Waals surface area (Å²) in [6.45, 7) is 11.5. The van der Waals surface area contributed by atoms with Crippen LogP contribution in [0, 0.1) is 11.8 Å². The van der Waals surface area contributed by atoms with Gasteiger partial charge in [0.1, 0.15) is 13.2 Å². The maximum absolute atomic E-state index is 13.0. The fourth-order valence-corrected chi connectivity index (χ4v) is 11.1. The molecule has 6 nitrogen and oxygen atoms in total. The maximum atomic E-state index is 13.0. The molecule has 0 radical (unpaired) electrons. The van der Waals surface area contributed by atoms with Crippen LogP contribution in [0.3, 0.4) is 0 Å². The monoisotopic (exact) mass is 1090 g/mol. The Morgan fingerprint density at radius 1 is 0.273 bits per heavy atom. The molecule has 0 aromatic heterocycles. The Morgan fingerprint density at radius 3 is 0.740 bits per heavy atom. The van der Waals surface area contributed by atoms with Crippen molar-refractivity contribution in [2.75, 3.05) is 13.2 Å². The van der Waals surface area contributed by atoms with Crippen LogP contribution in [0.5, 0.6) is 0 Å². The van der Waals surface area contributed by atoms with E-state index in [-0.39, 0.29) is 31.1 Å². The molecule has 0 heterocycles. The van der Waals surface area contributed by atoms with E-state index in [4.69, 9.17) is 14.2 Å². The predicted molar refractivity (Wildman–Crippen MR) is 335 cm³/mol. The number of rotatable bonds is 65. The maximum Gasteiger partial charge on any atom is 0.306 e. The lowest BCUT2D eigenvalue weighted by molar-refractivity contribution is -0.167. The molecular weight excluding hydrogens is 949 g/mol. The second-order valence-electron chi connectivity index (χ2n) is 25.2. The third kappa shape index (κ3) is 63.5. The van der Waals surface area contributed by atoms with Crippen molar-refractivity contribution in [3.63, 3.8) is 0 Å². The first kappa shape index (κ1) is 75.4. The normalized spacial score (nSPS) is 12.4. The molecule has 0 bridgehead atoms.